The van der Waals surface area contributed by atoms with Crippen LogP contribution in [0.25, 0.3) is 11.0 Å². The molecule has 2 aromatic heterocycles. The van der Waals surface area contributed by atoms with Gasteiger partial charge in [0.2, 0.25) is 0 Å². The Morgan fingerprint density at radius 3 is 2.86 bits per heavy atom. The van der Waals surface area contributed by atoms with Crippen LogP contribution < -0.4 is 5.73 Å². The van der Waals surface area contributed by atoms with Gasteiger partial charge in [0.15, 0.2) is 0 Å². The normalized spacial score (nSPS) is 11.1. The Morgan fingerprint density at radius 2 is 2.10 bits per heavy atom. The van der Waals surface area contributed by atoms with Crippen LogP contribution in [-0.4, -0.2) is 29.3 Å². The number of aryl methyl sites for hydroxylation is 1. The largest absolute Gasteiger partial charge is 0.393 e. The summed E-state index contributed by atoms with van der Waals surface area (Å²) in [7, 11) is 0. The van der Waals surface area contributed by atoms with E-state index in [1.54, 1.807) is 6.33 Å². The third-order valence-electron chi connectivity index (χ3n) is 3.36. The average Bonchev–Trinajstić information content (AvgIpc) is 3.04. The van der Waals surface area contributed by atoms with Gasteiger partial charge >= 0.3 is 0 Å². The summed E-state index contributed by atoms with van der Waals surface area (Å²) >= 11 is 5.03. The number of benzene rings is 1. The van der Waals surface area contributed by atoms with Crippen LogP contribution in [0, 0.1) is 0 Å². The molecular weight excluding hydrogens is 284 g/mol. The molecule has 0 aliphatic rings. The molecule has 0 aliphatic carbocycles. The van der Waals surface area contributed by atoms with Gasteiger partial charge in [-0.3, -0.25) is 0 Å². The maximum absolute atomic E-state index is 5.69. The van der Waals surface area contributed by atoms with Crippen molar-refractivity contribution in [2.45, 2.75) is 26.4 Å². The van der Waals surface area contributed by atoms with E-state index in [-0.39, 0.29) is 0 Å². The number of nitrogens with two attached hydrogens (primary N) is 1. The Balaban J connectivity index is 2.08. The van der Waals surface area contributed by atoms with E-state index in [0.29, 0.717) is 18.0 Å². The molecule has 3 rings (SSSR count). The number of rotatable bonds is 5. The van der Waals surface area contributed by atoms with Gasteiger partial charge in [-0.15, -0.1) is 0 Å². The second kappa shape index (κ2) is 5.61. The molecule has 6 nitrogen and oxygen atoms in total. The first kappa shape index (κ1) is 13.7. The number of hydrogen-bond donors (Lipinski definition) is 1. The SMILES string of the molecule is CCn1ncnc1Cn1c(CC(N)=S)nc2ccccc21. The molecule has 0 saturated heterocycles. The van der Waals surface area contributed by atoms with Crippen LogP contribution >= 0.6 is 12.2 Å². The highest BCUT2D eigenvalue weighted by Gasteiger charge is 2.13. The number of imidazole rings is 1. The van der Waals surface area contributed by atoms with Gasteiger partial charge in [0.1, 0.15) is 18.0 Å². The molecule has 0 unspecified atom stereocenters. The van der Waals surface area contributed by atoms with E-state index in [4.69, 9.17) is 18.0 Å². The molecule has 1 aromatic carbocycles. The molecule has 3 aromatic rings. The van der Waals surface area contributed by atoms with Crippen molar-refractivity contribution in [1.82, 2.24) is 24.3 Å². The van der Waals surface area contributed by atoms with Gasteiger partial charge in [-0.1, -0.05) is 24.4 Å². The fourth-order valence-corrected chi connectivity index (χ4v) is 2.54. The Hall–Kier alpha value is -2.28. The van der Waals surface area contributed by atoms with Crippen molar-refractivity contribution < 1.29 is 0 Å². The summed E-state index contributed by atoms with van der Waals surface area (Å²) in [5, 5.41) is 4.21. The Labute approximate surface area is 127 Å². The van der Waals surface area contributed by atoms with Gasteiger partial charge in [0.05, 0.1) is 29.0 Å². The van der Waals surface area contributed by atoms with E-state index in [0.717, 1.165) is 29.2 Å². The average molecular weight is 300 g/mol. The molecule has 0 saturated carbocycles. The molecule has 0 fully saturated rings. The highest BCUT2D eigenvalue weighted by Crippen LogP contribution is 2.18. The van der Waals surface area contributed by atoms with Crippen molar-refractivity contribution in [3.05, 3.63) is 42.2 Å². The fourth-order valence-electron chi connectivity index (χ4n) is 2.41. The molecule has 0 bridgehead atoms. The molecule has 21 heavy (non-hydrogen) atoms. The number of nitrogens with zero attached hydrogens (tertiary/aromatic N) is 5. The van der Waals surface area contributed by atoms with Gasteiger partial charge < -0.3 is 10.3 Å². The second-order valence-electron chi connectivity index (χ2n) is 4.74. The van der Waals surface area contributed by atoms with E-state index in [1.165, 1.54) is 0 Å². The van der Waals surface area contributed by atoms with E-state index < -0.39 is 0 Å². The Kier molecular flexibility index (Phi) is 3.66. The minimum atomic E-state index is 0.434. The lowest BCUT2D eigenvalue weighted by Crippen LogP contribution is -2.17. The van der Waals surface area contributed by atoms with Gasteiger partial charge in [-0.05, 0) is 19.1 Å². The van der Waals surface area contributed by atoms with Crippen molar-refractivity contribution in [3.63, 3.8) is 0 Å². The van der Waals surface area contributed by atoms with E-state index in [9.17, 15) is 0 Å². The smallest absolute Gasteiger partial charge is 0.146 e. The number of aromatic nitrogens is 5. The van der Waals surface area contributed by atoms with Crippen molar-refractivity contribution >= 4 is 28.2 Å². The molecule has 0 atom stereocenters. The molecule has 0 radical (unpaired) electrons. The maximum atomic E-state index is 5.69. The highest BCUT2D eigenvalue weighted by atomic mass is 32.1. The van der Waals surface area contributed by atoms with Gasteiger partial charge in [-0.25, -0.2) is 14.6 Å². The van der Waals surface area contributed by atoms with Crippen LogP contribution in [0.4, 0.5) is 0 Å². The highest BCUT2D eigenvalue weighted by molar-refractivity contribution is 7.80. The van der Waals surface area contributed by atoms with Crippen LogP contribution in [-0.2, 0) is 19.5 Å². The van der Waals surface area contributed by atoms with Crippen LogP contribution in [0.5, 0.6) is 0 Å². The quantitative estimate of drug-likeness (QED) is 0.723. The van der Waals surface area contributed by atoms with Crippen LogP contribution in [0.1, 0.15) is 18.6 Å². The van der Waals surface area contributed by atoms with E-state index >= 15 is 0 Å². The third kappa shape index (κ3) is 2.64. The summed E-state index contributed by atoms with van der Waals surface area (Å²) < 4.78 is 3.98. The Bertz CT molecular complexity index is 788. The molecule has 0 amide bonds. The number of para-hydroxylation sites is 2. The monoisotopic (exact) mass is 300 g/mol. The summed E-state index contributed by atoms with van der Waals surface area (Å²) in [6, 6.07) is 7.99. The summed E-state index contributed by atoms with van der Waals surface area (Å²) in [6.07, 6.45) is 2.05. The van der Waals surface area contributed by atoms with Crippen molar-refractivity contribution in [2.75, 3.05) is 0 Å². The number of thiocarbonyl (C=S) groups is 1. The molecule has 7 heteroatoms. The predicted octanol–water partition coefficient (Wildman–Crippen LogP) is 1.52. The fraction of sp³-hybridized carbons (Fsp3) is 0.286. The summed E-state index contributed by atoms with van der Waals surface area (Å²) in [5.74, 6) is 1.75. The van der Waals surface area contributed by atoms with E-state index in [1.807, 2.05) is 35.9 Å². The zero-order chi connectivity index (χ0) is 14.8. The first-order valence-electron chi connectivity index (χ1n) is 6.78. The lowest BCUT2D eigenvalue weighted by molar-refractivity contribution is 0.590. The minimum absolute atomic E-state index is 0.434. The molecule has 2 heterocycles. The molecular formula is C14H16N6S. The van der Waals surface area contributed by atoms with Gasteiger partial charge in [0, 0.05) is 6.54 Å². The van der Waals surface area contributed by atoms with Crippen molar-refractivity contribution in [3.8, 4) is 0 Å². The summed E-state index contributed by atoms with van der Waals surface area (Å²) in [6.45, 7) is 3.43. The first-order valence-corrected chi connectivity index (χ1v) is 7.19. The minimum Gasteiger partial charge on any atom is -0.393 e. The maximum Gasteiger partial charge on any atom is 0.146 e. The number of hydrogen-bond acceptors (Lipinski definition) is 4. The topological polar surface area (TPSA) is 74.5 Å². The van der Waals surface area contributed by atoms with Crippen LogP contribution in [0.2, 0.25) is 0 Å². The van der Waals surface area contributed by atoms with Gasteiger partial charge in [0.25, 0.3) is 0 Å². The molecule has 0 aliphatic heterocycles. The standard InChI is InChI=1S/C14H16N6S/c1-2-20-14(16-9-17-20)8-19-11-6-4-3-5-10(11)18-13(19)7-12(15)21/h3-6,9H,2,7-8H2,1H3,(H2,15,21). The summed E-state index contributed by atoms with van der Waals surface area (Å²) in [4.78, 5) is 9.39. The molecule has 108 valence electrons. The van der Waals surface area contributed by atoms with Crippen LogP contribution in [0.3, 0.4) is 0 Å². The first-order chi connectivity index (χ1) is 10.2. The van der Waals surface area contributed by atoms with Crippen LogP contribution in [0.15, 0.2) is 30.6 Å². The lowest BCUT2D eigenvalue weighted by atomic mass is 10.3. The van der Waals surface area contributed by atoms with Gasteiger partial charge in [-0.2, -0.15) is 5.10 Å². The lowest BCUT2D eigenvalue weighted by Gasteiger charge is -2.09. The second-order valence-corrected chi connectivity index (χ2v) is 5.26. The van der Waals surface area contributed by atoms with E-state index in [2.05, 4.69) is 19.6 Å². The Morgan fingerprint density at radius 1 is 1.29 bits per heavy atom. The summed E-state index contributed by atoms with van der Waals surface area (Å²) in [5.41, 5.74) is 7.68. The predicted molar refractivity (Wildman–Crippen MR) is 85.0 cm³/mol. The molecule has 2 N–H and O–H groups in total. The molecule has 0 spiro atoms. The zero-order valence-electron chi connectivity index (χ0n) is 11.7. The third-order valence-corrected chi connectivity index (χ3v) is 3.51. The zero-order valence-corrected chi connectivity index (χ0v) is 12.5. The van der Waals surface area contributed by atoms with Crippen molar-refractivity contribution in [1.29, 1.82) is 0 Å². The number of fused-ring (bicyclic) bond motifs is 1. The van der Waals surface area contributed by atoms with Crippen molar-refractivity contribution in [2.24, 2.45) is 5.73 Å².